The number of nitriles is 1. The Morgan fingerprint density at radius 1 is 1.60 bits per heavy atom. The summed E-state index contributed by atoms with van der Waals surface area (Å²) < 4.78 is 0. The third-order valence-corrected chi connectivity index (χ3v) is 2.19. The molecule has 1 N–H and O–H groups in total. The Bertz CT molecular complexity index is 343. The van der Waals surface area contributed by atoms with Crippen LogP contribution in [0.2, 0.25) is 0 Å². The fourth-order valence-electron chi connectivity index (χ4n) is 1.39. The summed E-state index contributed by atoms with van der Waals surface area (Å²) in [4.78, 5) is 6.22. The zero-order valence-corrected chi connectivity index (χ0v) is 9.20. The van der Waals surface area contributed by atoms with E-state index in [1.54, 1.807) is 18.3 Å². The van der Waals surface area contributed by atoms with Crippen LogP contribution in [-0.2, 0) is 0 Å². The van der Waals surface area contributed by atoms with Crippen LogP contribution in [0.3, 0.4) is 0 Å². The molecule has 0 aromatic carbocycles. The Balaban J connectivity index is 2.65. The van der Waals surface area contributed by atoms with Crippen molar-refractivity contribution in [2.45, 2.75) is 6.42 Å². The molecule has 0 aliphatic carbocycles. The standard InChI is InChI=1S/C11H16N4/c1-13-6-4-8-15(2)11-10(9-12)5-3-7-14-11/h3,5,7,13H,4,6,8H2,1-2H3. The van der Waals surface area contributed by atoms with Crippen LogP contribution >= 0.6 is 0 Å². The molecule has 0 aliphatic rings. The summed E-state index contributed by atoms with van der Waals surface area (Å²) in [5.74, 6) is 0.760. The lowest BCUT2D eigenvalue weighted by Crippen LogP contribution is -2.23. The van der Waals surface area contributed by atoms with E-state index in [0.717, 1.165) is 25.3 Å². The van der Waals surface area contributed by atoms with Crippen LogP contribution in [0.15, 0.2) is 18.3 Å². The maximum absolute atomic E-state index is 8.91. The number of hydrogen-bond donors (Lipinski definition) is 1. The van der Waals surface area contributed by atoms with Crippen molar-refractivity contribution in [3.63, 3.8) is 0 Å². The van der Waals surface area contributed by atoms with E-state index in [0.29, 0.717) is 5.56 Å². The zero-order chi connectivity index (χ0) is 11.1. The summed E-state index contributed by atoms with van der Waals surface area (Å²) in [5, 5.41) is 12.0. The average molecular weight is 204 g/mol. The summed E-state index contributed by atoms with van der Waals surface area (Å²) in [7, 11) is 3.89. The van der Waals surface area contributed by atoms with E-state index in [2.05, 4.69) is 16.4 Å². The summed E-state index contributed by atoms with van der Waals surface area (Å²) in [6.07, 6.45) is 2.75. The summed E-state index contributed by atoms with van der Waals surface area (Å²) >= 11 is 0. The van der Waals surface area contributed by atoms with Crippen LogP contribution in [0.4, 0.5) is 5.82 Å². The van der Waals surface area contributed by atoms with Crippen molar-refractivity contribution in [1.29, 1.82) is 5.26 Å². The normalized spacial score (nSPS) is 9.67. The Labute approximate surface area is 90.5 Å². The Morgan fingerprint density at radius 2 is 2.40 bits per heavy atom. The molecule has 0 fully saturated rings. The van der Waals surface area contributed by atoms with E-state index >= 15 is 0 Å². The first kappa shape index (κ1) is 11.5. The second kappa shape index (κ2) is 5.99. The van der Waals surface area contributed by atoms with Gasteiger partial charge in [-0.3, -0.25) is 0 Å². The van der Waals surface area contributed by atoms with Gasteiger partial charge in [-0.1, -0.05) is 0 Å². The molecule has 0 saturated heterocycles. The van der Waals surface area contributed by atoms with Gasteiger partial charge in [-0.25, -0.2) is 4.98 Å². The van der Waals surface area contributed by atoms with Crippen molar-refractivity contribution in [2.24, 2.45) is 0 Å². The highest BCUT2D eigenvalue weighted by Crippen LogP contribution is 2.14. The van der Waals surface area contributed by atoms with Gasteiger partial charge in [0.25, 0.3) is 0 Å². The van der Waals surface area contributed by atoms with Gasteiger partial charge in [0.15, 0.2) is 0 Å². The Kier molecular flexibility index (Phi) is 4.58. The van der Waals surface area contributed by atoms with Gasteiger partial charge < -0.3 is 10.2 Å². The topological polar surface area (TPSA) is 52.0 Å². The van der Waals surface area contributed by atoms with Crippen molar-refractivity contribution < 1.29 is 0 Å². The molecule has 4 nitrogen and oxygen atoms in total. The molecule has 15 heavy (non-hydrogen) atoms. The van der Waals surface area contributed by atoms with E-state index in [-0.39, 0.29) is 0 Å². The number of anilines is 1. The number of rotatable bonds is 5. The van der Waals surface area contributed by atoms with Crippen molar-refractivity contribution in [2.75, 3.05) is 32.1 Å². The molecule has 0 saturated carbocycles. The Hall–Kier alpha value is -1.60. The molecule has 0 bridgehead atoms. The van der Waals surface area contributed by atoms with Gasteiger partial charge in [0.1, 0.15) is 11.9 Å². The number of nitrogens with one attached hydrogen (secondary N) is 1. The Morgan fingerprint density at radius 3 is 3.07 bits per heavy atom. The van der Waals surface area contributed by atoms with Gasteiger partial charge in [0.2, 0.25) is 0 Å². The van der Waals surface area contributed by atoms with Gasteiger partial charge in [-0.05, 0) is 32.1 Å². The van der Waals surface area contributed by atoms with Gasteiger partial charge in [0.05, 0.1) is 5.56 Å². The van der Waals surface area contributed by atoms with Gasteiger partial charge in [-0.15, -0.1) is 0 Å². The molecule has 1 rings (SSSR count). The van der Waals surface area contributed by atoms with E-state index in [1.807, 2.05) is 19.0 Å². The van der Waals surface area contributed by atoms with Crippen LogP contribution in [0.1, 0.15) is 12.0 Å². The molecule has 1 aromatic rings. The highest BCUT2D eigenvalue weighted by atomic mass is 15.2. The predicted octanol–water partition coefficient (Wildman–Crippen LogP) is 0.999. The number of nitrogens with zero attached hydrogens (tertiary/aromatic N) is 3. The molecular weight excluding hydrogens is 188 g/mol. The maximum atomic E-state index is 8.91. The fourth-order valence-corrected chi connectivity index (χ4v) is 1.39. The predicted molar refractivity (Wildman–Crippen MR) is 60.8 cm³/mol. The molecule has 0 unspecified atom stereocenters. The molecule has 1 aromatic heterocycles. The summed E-state index contributed by atoms with van der Waals surface area (Å²) in [5.41, 5.74) is 0.629. The SMILES string of the molecule is CNCCCN(C)c1ncccc1C#N. The monoisotopic (exact) mass is 204 g/mol. The third kappa shape index (κ3) is 3.22. The molecule has 0 atom stereocenters. The second-order valence-electron chi connectivity index (χ2n) is 3.37. The van der Waals surface area contributed by atoms with Gasteiger partial charge >= 0.3 is 0 Å². The highest BCUT2D eigenvalue weighted by Gasteiger charge is 2.06. The molecule has 80 valence electrons. The molecule has 4 heteroatoms. The maximum Gasteiger partial charge on any atom is 0.146 e. The highest BCUT2D eigenvalue weighted by molar-refractivity contribution is 5.52. The lowest BCUT2D eigenvalue weighted by molar-refractivity contribution is 0.709. The number of hydrogen-bond acceptors (Lipinski definition) is 4. The first-order chi connectivity index (χ1) is 7.29. The summed E-state index contributed by atoms with van der Waals surface area (Å²) in [6.45, 7) is 1.87. The lowest BCUT2D eigenvalue weighted by Gasteiger charge is -2.18. The minimum Gasteiger partial charge on any atom is -0.359 e. The van der Waals surface area contributed by atoms with E-state index in [4.69, 9.17) is 5.26 Å². The van der Waals surface area contributed by atoms with Gasteiger partial charge in [-0.2, -0.15) is 5.26 Å². The van der Waals surface area contributed by atoms with E-state index in [9.17, 15) is 0 Å². The molecule has 0 radical (unpaired) electrons. The van der Waals surface area contributed by atoms with Crippen LogP contribution in [-0.4, -0.2) is 32.2 Å². The molecular formula is C11H16N4. The molecule has 0 aliphatic heterocycles. The largest absolute Gasteiger partial charge is 0.359 e. The van der Waals surface area contributed by atoms with Crippen molar-refractivity contribution >= 4 is 5.82 Å². The smallest absolute Gasteiger partial charge is 0.146 e. The molecule has 0 amide bonds. The molecule has 0 spiro atoms. The second-order valence-corrected chi connectivity index (χ2v) is 3.37. The van der Waals surface area contributed by atoms with E-state index < -0.39 is 0 Å². The summed E-state index contributed by atoms with van der Waals surface area (Å²) in [6, 6.07) is 5.72. The van der Waals surface area contributed by atoms with Crippen LogP contribution < -0.4 is 10.2 Å². The average Bonchev–Trinajstić information content (AvgIpc) is 2.29. The fraction of sp³-hybridized carbons (Fsp3) is 0.455. The first-order valence-electron chi connectivity index (χ1n) is 5.00. The van der Waals surface area contributed by atoms with Crippen molar-refractivity contribution in [3.8, 4) is 6.07 Å². The minimum atomic E-state index is 0.629. The lowest BCUT2D eigenvalue weighted by atomic mass is 10.2. The number of aromatic nitrogens is 1. The van der Waals surface area contributed by atoms with Crippen LogP contribution in [0, 0.1) is 11.3 Å². The van der Waals surface area contributed by atoms with Crippen LogP contribution in [0.5, 0.6) is 0 Å². The molecule has 1 heterocycles. The quantitative estimate of drug-likeness (QED) is 0.727. The van der Waals surface area contributed by atoms with Crippen molar-refractivity contribution in [3.05, 3.63) is 23.9 Å². The van der Waals surface area contributed by atoms with Crippen LogP contribution in [0.25, 0.3) is 0 Å². The van der Waals surface area contributed by atoms with Gasteiger partial charge in [0, 0.05) is 19.8 Å². The zero-order valence-electron chi connectivity index (χ0n) is 9.20. The first-order valence-corrected chi connectivity index (χ1v) is 5.00. The minimum absolute atomic E-state index is 0.629. The van der Waals surface area contributed by atoms with Crippen molar-refractivity contribution in [1.82, 2.24) is 10.3 Å². The third-order valence-electron chi connectivity index (χ3n) is 2.19. The van der Waals surface area contributed by atoms with E-state index in [1.165, 1.54) is 0 Å². The number of pyridine rings is 1.